The Balaban J connectivity index is 1.48. The highest BCUT2D eigenvalue weighted by Crippen LogP contribution is 2.25. The number of carbonyl (C=O) groups excluding carboxylic acids is 2. The Morgan fingerprint density at radius 3 is 2.16 bits per heavy atom. The molecule has 0 atom stereocenters. The quantitative estimate of drug-likeness (QED) is 0.899. The van der Waals surface area contributed by atoms with Crippen LogP contribution in [0.15, 0.2) is 24.3 Å². The van der Waals surface area contributed by atoms with Crippen LogP contribution in [-0.4, -0.2) is 47.9 Å². The third-order valence-electron chi connectivity index (χ3n) is 5.10. The summed E-state index contributed by atoms with van der Waals surface area (Å²) in [7, 11) is 0. The molecular weight excluding hydrogens is 316 g/mol. The predicted molar refractivity (Wildman–Crippen MR) is 94.9 cm³/mol. The van der Waals surface area contributed by atoms with Crippen LogP contribution >= 0.6 is 0 Å². The molecule has 1 saturated carbocycles. The van der Waals surface area contributed by atoms with Crippen LogP contribution in [0.2, 0.25) is 0 Å². The van der Waals surface area contributed by atoms with Gasteiger partial charge in [0.25, 0.3) is 0 Å². The molecule has 1 aliphatic carbocycles. The SMILES string of the molecule is N#Cc1ccc(NC(=O)N2CCN(C(=O)C3CCCCC3)CC2)cc1. The first-order valence-electron chi connectivity index (χ1n) is 9.02. The van der Waals surface area contributed by atoms with Crippen LogP contribution in [-0.2, 0) is 4.79 Å². The van der Waals surface area contributed by atoms with Crippen LogP contribution in [0.1, 0.15) is 37.7 Å². The molecule has 1 aliphatic heterocycles. The molecule has 0 unspecified atom stereocenters. The van der Waals surface area contributed by atoms with Gasteiger partial charge >= 0.3 is 6.03 Å². The topological polar surface area (TPSA) is 76.4 Å². The lowest BCUT2D eigenvalue weighted by Gasteiger charge is -2.37. The summed E-state index contributed by atoms with van der Waals surface area (Å²) < 4.78 is 0. The van der Waals surface area contributed by atoms with E-state index in [-0.39, 0.29) is 17.9 Å². The fourth-order valence-electron chi connectivity index (χ4n) is 3.57. The number of hydrogen-bond donors (Lipinski definition) is 1. The van der Waals surface area contributed by atoms with E-state index >= 15 is 0 Å². The number of urea groups is 1. The van der Waals surface area contributed by atoms with Crippen molar-refractivity contribution in [3.05, 3.63) is 29.8 Å². The number of nitrogens with zero attached hydrogens (tertiary/aromatic N) is 3. The van der Waals surface area contributed by atoms with E-state index < -0.39 is 0 Å². The Morgan fingerprint density at radius 2 is 1.56 bits per heavy atom. The molecule has 0 radical (unpaired) electrons. The minimum Gasteiger partial charge on any atom is -0.339 e. The zero-order valence-corrected chi connectivity index (χ0v) is 14.4. The molecule has 2 aliphatic rings. The van der Waals surface area contributed by atoms with Crippen molar-refractivity contribution in [2.24, 2.45) is 5.92 Å². The van der Waals surface area contributed by atoms with Gasteiger partial charge in [-0.3, -0.25) is 4.79 Å². The monoisotopic (exact) mass is 340 g/mol. The molecule has 1 aromatic rings. The van der Waals surface area contributed by atoms with Crippen molar-refractivity contribution in [3.63, 3.8) is 0 Å². The Hall–Kier alpha value is -2.55. The number of benzene rings is 1. The highest BCUT2D eigenvalue weighted by Gasteiger charge is 2.29. The van der Waals surface area contributed by atoms with Gasteiger partial charge in [0.05, 0.1) is 11.6 Å². The van der Waals surface area contributed by atoms with Gasteiger partial charge in [-0.15, -0.1) is 0 Å². The Morgan fingerprint density at radius 1 is 0.960 bits per heavy atom. The fraction of sp³-hybridized carbons (Fsp3) is 0.526. The second kappa shape index (κ2) is 8.02. The Bertz CT molecular complexity index is 651. The molecule has 25 heavy (non-hydrogen) atoms. The third kappa shape index (κ3) is 4.30. The highest BCUT2D eigenvalue weighted by atomic mass is 16.2. The summed E-state index contributed by atoms with van der Waals surface area (Å²) in [5.41, 5.74) is 1.23. The average molecular weight is 340 g/mol. The number of rotatable bonds is 2. The van der Waals surface area contributed by atoms with Crippen molar-refractivity contribution in [1.82, 2.24) is 9.80 Å². The van der Waals surface area contributed by atoms with E-state index in [2.05, 4.69) is 11.4 Å². The van der Waals surface area contributed by atoms with E-state index in [9.17, 15) is 9.59 Å². The van der Waals surface area contributed by atoms with Crippen molar-refractivity contribution in [1.29, 1.82) is 5.26 Å². The van der Waals surface area contributed by atoms with E-state index in [0.29, 0.717) is 37.4 Å². The molecule has 1 heterocycles. The summed E-state index contributed by atoms with van der Waals surface area (Å²) in [4.78, 5) is 28.6. The summed E-state index contributed by atoms with van der Waals surface area (Å²) in [5.74, 6) is 0.458. The maximum atomic E-state index is 12.6. The number of anilines is 1. The summed E-state index contributed by atoms with van der Waals surface area (Å²) in [6.07, 6.45) is 5.58. The number of nitriles is 1. The molecule has 132 valence electrons. The minimum atomic E-state index is -0.158. The zero-order valence-electron chi connectivity index (χ0n) is 14.4. The van der Waals surface area contributed by atoms with E-state index in [4.69, 9.17) is 5.26 Å². The standard InChI is InChI=1S/C19H24N4O2/c20-14-15-6-8-17(9-7-15)21-19(25)23-12-10-22(11-13-23)18(24)16-4-2-1-3-5-16/h6-9,16H,1-5,10-13H2,(H,21,25). The summed E-state index contributed by atoms with van der Waals surface area (Å²) in [6.45, 7) is 2.33. The Labute approximate surface area is 148 Å². The van der Waals surface area contributed by atoms with Gasteiger partial charge in [0, 0.05) is 37.8 Å². The molecule has 3 amide bonds. The van der Waals surface area contributed by atoms with Gasteiger partial charge < -0.3 is 15.1 Å². The van der Waals surface area contributed by atoms with Crippen LogP contribution in [0.25, 0.3) is 0 Å². The minimum absolute atomic E-state index is 0.158. The summed E-state index contributed by atoms with van der Waals surface area (Å²) in [6, 6.07) is 8.69. The number of piperazine rings is 1. The molecule has 6 nitrogen and oxygen atoms in total. The first kappa shape index (κ1) is 17.3. The van der Waals surface area contributed by atoms with Crippen molar-refractivity contribution >= 4 is 17.6 Å². The number of hydrogen-bond acceptors (Lipinski definition) is 3. The van der Waals surface area contributed by atoms with Crippen molar-refractivity contribution in [2.75, 3.05) is 31.5 Å². The van der Waals surface area contributed by atoms with Crippen LogP contribution < -0.4 is 5.32 Å². The number of amides is 3. The molecule has 1 aromatic carbocycles. The van der Waals surface area contributed by atoms with Gasteiger partial charge in [-0.2, -0.15) is 5.26 Å². The average Bonchev–Trinajstić information content (AvgIpc) is 2.69. The second-order valence-electron chi connectivity index (χ2n) is 6.77. The van der Waals surface area contributed by atoms with Crippen LogP contribution in [0.3, 0.4) is 0 Å². The van der Waals surface area contributed by atoms with Gasteiger partial charge in [-0.1, -0.05) is 19.3 Å². The largest absolute Gasteiger partial charge is 0.339 e. The lowest BCUT2D eigenvalue weighted by atomic mass is 9.88. The zero-order chi connectivity index (χ0) is 17.6. The highest BCUT2D eigenvalue weighted by molar-refractivity contribution is 5.89. The molecule has 3 rings (SSSR count). The van der Waals surface area contributed by atoms with Crippen molar-refractivity contribution in [2.45, 2.75) is 32.1 Å². The van der Waals surface area contributed by atoms with E-state index in [1.807, 2.05) is 4.90 Å². The van der Waals surface area contributed by atoms with Crippen LogP contribution in [0, 0.1) is 17.2 Å². The molecule has 2 fully saturated rings. The van der Waals surface area contributed by atoms with Crippen molar-refractivity contribution < 1.29 is 9.59 Å². The maximum Gasteiger partial charge on any atom is 0.321 e. The Kier molecular flexibility index (Phi) is 5.54. The molecule has 6 heteroatoms. The van der Waals surface area contributed by atoms with Crippen LogP contribution in [0.5, 0.6) is 0 Å². The smallest absolute Gasteiger partial charge is 0.321 e. The normalized spacial score (nSPS) is 18.5. The van der Waals surface area contributed by atoms with Gasteiger partial charge in [0.1, 0.15) is 0 Å². The third-order valence-corrected chi connectivity index (χ3v) is 5.10. The first-order valence-corrected chi connectivity index (χ1v) is 9.02. The fourth-order valence-corrected chi connectivity index (χ4v) is 3.57. The molecule has 0 aromatic heterocycles. The van der Waals surface area contributed by atoms with E-state index in [1.54, 1.807) is 29.2 Å². The molecule has 1 N–H and O–H groups in total. The van der Waals surface area contributed by atoms with Gasteiger partial charge in [-0.05, 0) is 37.1 Å². The van der Waals surface area contributed by atoms with Gasteiger partial charge in [-0.25, -0.2) is 4.79 Å². The number of carbonyl (C=O) groups is 2. The predicted octanol–water partition coefficient (Wildman–Crippen LogP) is 2.81. The van der Waals surface area contributed by atoms with Gasteiger partial charge in [0.2, 0.25) is 5.91 Å². The molecular formula is C19H24N4O2. The van der Waals surface area contributed by atoms with Crippen molar-refractivity contribution in [3.8, 4) is 6.07 Å². The first-order chi connectivity index (χ1) is 12.2. The molecule has 0 bridgehead atoms. The summed E-state index contributed by atoms with van der Waals surface area (Å²) >= 11 is 0. The van der Waals surface area contributed by atoms with Crippen LogP contribution in [0.4, 0.5) is 10.5 Å². The lowest BCUT2D eigenvalue weighted by molar-refractivity contribution is -0.137. The van der Waals surface area contributed by atoms with E-state index in [1.165, 1.54) is 6.42 Å². The molecule has 0 spiro atoms. The maximum absolute atomic E-state index is 12.6. The van der Waals surface area contributed by atoms with Gasteiger partial charge in [0.15, 0.2) is 0 Å². The number of nitrogens with one attached hydrogen (secondary N) is 1. The second-order valence-corrected chi connectivity index (χ2v) is 6.77. The lowest BCUT2D eigenvalue weighted by Crippen LogP contribution is -2.53. The van der Waals surface area contributed by atoms with E-state index in [0.717, 1.165) is 25.7 Å². The molecule has 1 saturated heterocycles. The summed E-state index contributed by atoms with van der Waals surface area (Å²) in [5, 5.41) is 11.6.